The first-order chi connectivity index (χ1) is 7.56. The monoisotopic (exact) mass is 240 g/mol. The van der Waals surface area contributed by atoms with E-state index < -0.39 is 0 Å². The van der Waals surface area contributed by atoms with Crippen molar-refractivity contribution in [2.24, 2.45) is 0 Å². The minimum absolute atomic E-state index is 0.124. The van der Waals surface area contributed by atoms with Crippen molar-refractivity contribution in [1.29, 1.82) is 0 Å². The van der Waals surface area contributed by atoms with Crippen molar-refractivity contribution in [3.8, 4) is 0 Å². The molecule has 1 saturated carbocycles. The van der Waals surface area contributed by atoms with Crippen LogP contribution in [0.15, 0.2) is 5.38 Å². The van der Waals surface area contributed by atoms with Crippen molar-refractivity contribution in [3.05, 3.63) is 16.1 Å². The molecule has 2 unspecified atom stereocenters. The van der Waals surface area contributed by atoms with Crippen molar-refractivity contribution in [2.45, 2.75) is 51.3 Å². The van der Waals surface area contributed by atoms with Crippen LogP contribution in [0.4, 0.5) is 0 Å². The Balaban J connectivity index is 2.24. The molecule has 1 aliphatic rings. The Hall–Kier alpha value is -0.450. The van der Waals surface area contributed by atoms with E-state index in [4.69, 9.17) is 4.74 Å². The zero-order valence-corrected chi connectivity index (χ0v) is 11.2. The molecule has 0 saturated heterocycles. The lowest BCUT2D eigenvalue weighted by Gasteiger charge is -2.34. The van der Waals surface area contributed by atoms with Crippen LogP contribution in [0, 0.1) is 6.92 Å². The molecule has 2 rings (SSSR count). The molecule has 0 amide bonds. The van der Waals surface area contributed by atoms with E-state index in [9.17, 15) is 0 Å². The van der Waals surface area contributed by atoms with Crippen LogP contribution in [-0.2, 0) is 10.3 Å². The van der Waals surface area contributed by atoms with Gasteiger partial charge in [-0.2, -0.15) is 0 Å². The van der Waals surface area contributed by atoms with Crippen LogP contribution in [0.25, 0.3) is 0 Å². The van der Waals surface area contributed by atoms with Gasteiger partial charge in [0.25, 0.3) is 0 Å². The number of ether oxygens (including phenoxy) is 1. The van der Waals surface area contributed by atoms with Crippen LogP contribution in [0.2, 0.25) is 0 Å². The summed E-state index contributed by atoms with van der Waals surface area (Å²) in [6, 6.07) is 0.645. The standard InChI is InChI=1S/C12H20N2OS/c1-8-7-16-11(13-8)12(3,9(2)15-4)14-10-5-6-10/h7,9-10,14H,5-6H2,1-4H3. The zero-order chi connectivity index (χ0) is 11.8. The summed E-state index contributed by atoms with van der Waals surface area (Å²) in [5.41, 5.74) is 0.932. The first-order valence-corrected chi connectivity index (χ1v) is 6.67. The second-order valence-corrected chi connectivity index (χ2v) is 5.65. The van der Waals surface area contributed by atoms with Gasteiger partial charge in [0.05, 0.1) is 11.6 Å². The van der Waals surface area contributed by atoms with Gasteiger partial charge in [-0.1, -0.05) is 0 Å². The Morgan fingerprint density at radius 1 is 1.62 bits per heavy atom. The molecule has 0 bridgehead atoms. The SMILES string of the molecule is COC(C)C(C)(NC1CC1)c1nc(C)cs1. The summed E-state index contributed by atoms with van der Waals surface area (Å²) < 4.78 is 5.51. The normalized spacial score (nSPS) is 21.8. The summed E-state index contributed by atoms with van der Waals surface area (Å²) >= 11 is 1.72. The van der Waals surface area contributed by atoms with Crippen molar-refractivity contribution < 1.29 is 4.74 Å². The molecule has 4 heteroatoms. The molecule has 0 radical (unpaired) electrons. The molecular formula is C12H20N2OS. The first-order valence-electron chi connectivity index (χ1n) is 5.79. The van der Waals surface area contributed by atoms with Crippen LogP contribution in [0.3, 0.4) is 0 Å². The zero-order valence-electron chi connectivity index (χ0n) is 10.4. The van der Waals surface area contributed by atoms with E-state index >= 15 is 0 Å². The lowest BCUT2D eigenvalue weighted by Crippen LogP contribution is -2.49. The van der Waals surface area contributed by atoms with Gasteiger partial charge >= 0.3 is 0 Å². The fourth-order valence-corrected chi connectivity index (χ4v) is 2.83. The maximum absolute atomic E-state index is 5.51. The van der Waals surface area contributed by atoms with Gasteiger partial charge in [0.1, 0.15) is 5.01 Å². The number of thiazole rings is 1. The molecule has 0 spiro atoms. The molecule has 3 nitrogen and oxygen atoms in total. The van der Waals surface area contributed by atoms with Crippen LogP contribution >= 0.6 is 11.3 Å². The highest BCUT2D eigenvalue weighted by Crippen LogP contribution is 2.33. The van der Waals surface area contributed by atoms with Gasteiger partial charge in [-0.05, 0) is 33.6 Å². The van der Waals surface area contributed by atoms with Crippen LogP contribution in [-0.4, -0.2) is 24.2 Å². The highest BCUT2D eigenvalue weighted by molar-refractivity contribution is 7.09. The number of methoxy groups -OCH3 is 1. The molecule has 1 aromatic rings. The summed E-state index contributed by atoms with van der Waals surface area (Å²) in [4.78, 5) is 4.61. The minimum Gasteiger partial charge on any atom is -0.379 e. The van der Waals surface area contributed by atoms with E-state index in [-0.39, 0.29) is 11.6 Å². The Labute approximate surface area is 101 Å². The molecule has 1 heterocycles. The van der Waals surface area contributed by atoms with E-state index in [0.29, 0.717) is 6.04 Å². The van der Waals surface area contributed by atoms with Crippen molar-refractivity contribution >= 4 is 11.3 Å². The molecule has 1 aromatic heterocycles. The largest absolute Gasteiger partial charge is 0.379 e. The Bertz CT molecular complexity index is 362. The third-order valence-electron chi connectivity index (χ3n) is 3.31. The Morgan fingerprint density at radius 2 is 2.31 bits per heavy atom. The van der Waals surface area contributed by atoms with E-state index in [0.717, 1.165) is 10.7 Å². The number of rotatable bonds is 5. The molecule has 1 aliphatic carbocycles. The highest BCUT2D eigenvalue weighted by Gasteiger charge is 2.40. The molecule has 2 atom stereocenters. The smallest absolute Gasteiger partial charge is 0.115 e. The van der Waals surface area contributed by atoms with E-state index in [1.54, 1.807) is 18.4 Å². The lowest BCUT2D eigenvalue weighted by molar-refractivity contribution is 0.0350. The van der Waals surface area contributed by atoms with Gasteiger partial charge in [0, 0.05) is 24.2 Å². The predicted octanol–water partition coefficient (Wildman–Crippen LogP) is 2.45. The van der Waals surface area contributed by atoms with Gasteiger partial charge in [-0.15, -0.1) is 11.3 Å². The summed E-state index contributed by atoms with van der Waals surface area (Å²) in [7, 11) is 1.76. The van der Waals surface area contributed by atoms with Gasteiger partial charge < -0.3 is 10.1 Å². The van der Waals surface area contributed by atoms with Gasteiger partial charge in [-0.3, -0.25) is 0 Å². The van der Waals surface area contributed by atoms with Gasteiger partial charge in [-0.25, -0.2) is 4.98 Å². The quantitative estimate of drug-likeness (QED) is 0.858. The number of aromatic nitrogens is 1. The third-order valence-corrected chi connectivity index (χ3v) is 4.51. The molecule has 0 aromatic carbocycles. The van der Waals surface area contributed by atoms with Crippen LogP contribution in [0.5, 0.6) is 0 Å². The van der Waals surface area contributed by atoms with E-state index in [1.807, 2.05) is 6.92 Å². The van der Waals surface area contributed by atoms with E-state index in [1.165, 1.54) is 12.8 Å². The average Bonchev–Trinajstić information content (AvgIpc) is 2.96. The number of hydrogen-bond acceptors (Lipinski definition) is 4. The fraction of sp³-hybridized carbons (Fsp3) is 0.750. The van der Waals surface area contributed by atoms with E-state index in [2.05, 4.69) is 29.5 Å². The molecule has 16 heavy (non-hydrogen) atoms. The maximum Gasteiger partial charge on any atom is 0.115 e. The molecular weight excluding hydrogens is 220 g/mol. The summed E-state index contributed by atoms with van der Waals surface area (Å²) in [5.74, 6) is 0. The highest BCUT2D eigenvalue weighted by atomic mass is 32.1. The van der Waals surface area contributed by atoms with Crippen molar-refractivity contribution in [1.82, 2.24) is 10.3 Å². The van der Waals surface area contributed by atoms with Crippen molar-refractivity contribution in [3.63, 3.8) is 0 Å². The van der Waals surface area contributed by atoms with Gasteiger partial charge in [0.15, 0.2) is 0 Å². The third kappa shape index (κ3) is 2.29. The summed E-state index contributed by atoms with van der Waals surface area (Å²) in [6.07, 6.45) is 2.67. The van der Waals surface area contributed by atoms with Crippen LogP contribution < -0.4 is 5.32 Å². The topological polar surface area (TPSA) is 34.1 Å². The number of nitrogens with zero attached hydrogens (tertiary/aromatic N) is 1. The lowest BCUT2D eigenvalue weighted by atomic mass is 9.96. The molecule has 1 fully saturated rings. The average molecular weight is 240 g/mol. The summed E-state index contributed by atoms with van der Waals surface area (Å²) in [5, 5.41) is 6.90. The molecule has 1 N–H and O–H groups in total. The first kappa shape index (κ1) is 12.0. The Kier molecular flexibility index (Phi) is 3.33. The van der Waals surface area contributed by atoms with Crippen LogP contribution in [0.1, 0.15) is 37.4 Å². The predicted molar refractivity (Wildman–Crippen MR) is 66.8 cm³/mol. The Morgan fingerprint density at radius 3 is 2.75 bits per heavy atom. The van der Waals surface area contributed by atoms with Gasteiger partial charge in [0.2, 0.25) is 0 Å². The van der Waals surface area contributed by atoms with Crippen molar-refractivity contribution in [2.75, 3.05) is 7.11 Å². The fourth-order valence-electron chi connectivity index (χ4n) is 1.83. The second kappa shape index (κ2) is 4.43. The second-order valence-electron chi connectivity index (χ2n) is 4.79. The summed E-state index contributed by atoms with van der Waals surface area (Å²) in [6.45, 7) is 6.33. The molecule has 90 valence electrons. The molecule has 0 aliphatic heterocycles. The number of nitrogens with one attached hydrogen (secondary N) is 1. The number of aryl methyl sites for hydroxylation is 1. The number of hydrogen-bond donors (Lipinski definition) is 1. The minimum atomic E-state index is -0.158. The maximum atomic E-state index is 5.51.